The lowest BCUT2D eigenvalue weighted by Gasteiger charge is -2.32. The number of nitrogens with zero attached hydrogens (tertiary/aromatic N) is 7. The van der Waals surface area contributed by atoms with Crippen LogP contribution in [0, 0.1) is 0 Å². The molecule has 12 nitrogen and oxygen atoms in total. The van der Waals surface area contributed by atoms with Gasteiger partial charge in [0.2, 0.25) is 5.91 Å². The zero-order valence-electron chi connectivity index (χ0n) is 38.8. The number of piperidine rings is 2. The lowest BCUT2D eigenvalue weighted by Crippen LogP contribution is -2.41. The Bertz CT molecular complexity index is 2900. The second-order valence-corrected chi connectivity index (χ2v) is 22.5. The van der Waals surface area contributed by atoms with Crippen LogP contribution in [0.15, 0.2) is 61.1 Å². The number of pyridine rings is 1. The zero-order valence-corrected chi connectivity index (χ0v) is 41.9. The number of benzene rings is 2. The first-order chi connectivity index (χ1) is 33.6. The number of carbonyl (C=O) groups excluding carboxylic acids is 2. The Balaban J connectivity index is 0.000000178. The van der Waals surface area contributed by atoms with Gasteiger partial charge in [-0.15, -0.1) is 49.0 Å². The van der Waals surface area contributed by atoms with Gasteiger partial charge in [0, 0.05) is 55.3 Å². The lowest BCUT2D eigenvalue weighted by atomic mass is 9.97. The van der Waals surface area contributed by atoms with E-state index in [4.69, 9.17) is 37.9 Å². The zero-order chi connectivity index (χ0) is 50.4. The molecule has 2 saturated carbocycles. The van der Waals surface area contributed by atoms with Crippen molar-refractivity contribution in [2.24, 2.45) is 0 Å². The maximum atomic E-state index is 12.9. The molecule has 0 N–H and O–H groups in total. The molecule has 2 aliphatic carbocycles. The summed E-state index contributed by atoms with van der Waals surface area (Å²) in [6.45, 7) is 7.93. The van der Waals surface area contributed by atoms with Gasteiger partial charge >= 0.3 is 18.8 Å². The van der Waals surface area contributed by atoms with Gasteiger partial charge in [0.05, 0.1) is 16.3 Å². The summed E-state index contributed by atoms with van der Waals surface area (Å²) in [6, 6.07) is 13.0. The maximum Gasteiger partial charge on any atom is 0.573 e. The van der Waals surface area contributed by atoms with Crippen molar-refractivity contribution in [2.45, 2.75) is 121 Å². The van der Waals surface area contributed by atoms with Crippen molar-refractivity contribution in [2.75, 3.05) is 26.2 Å². The van der Waals surface area contributed by atoms with E-state index in [1.807, 2.05) is 49.9 Å². The molecule has 10 rings (SSSR count). The summed E-state index contributed by atoms with van der Waals surface area (Å²) >= 11 is 15.7. The average molecular weight is 1070 g/mol. The molecular weight excluding hydrogens is 1020 g/mol. The lowest BCUT2D eigenvalue weighted by molar-refractivity contribution is -0.275. The highest BCUT2D eigenvalue weighted by atomic mass is 35.5. The van der Waals surface area contributed by atoms with Crippen LogP contribution in [-0.2, 0) is 16.1 Å². The second-order valence-electron chi connectivity index (χ2n) is 19.2. The molecule has 2 aliphatic heterocycles. The smallest absolute Gasteiger partial charge is 0.444 e. The highest BCUT2D eigenvalue weighted by molar-refractivity contribution is 7.16. The van der Waals surface area contributed by atoms with Gasteiger partial charge < -0.3 is 28.6 Å². The maximum absolute atomic E-state index is 12.9. The fourth-order valence-corrected chi connectivity index (χ4v) is 11.6. The number of halogens is 8. The van der Waals surface area contributed by atoms with E-state index >= 15 is 0 Å². The molecule has 6 aromatic rings. The summed E-state index contributed by atoms with van der Waals surface area (Å²) in [5, 5.41) is 1.66. The van der Waals surface area contributed by atoms with E-state index in [1.54, 1.807) is 22.0 Å². The van der Waals surface area contributed by atoms with E-state index in [2.05, 4.69) is 19.4 Å². The number of hydrogen-bond donors (Lipinski definition) is 0. The summed E-state index contributed by atoms with van der Waals surface area (Å²) < 4.78 is 93.7. The predicted molar refractivity (Wildman–Crippen MR) is 258 cm³/mol. The molecule has 0 radical (unpaired) electrons. The first-order valence-corrected chi connectivity index (χ1v) is 25.7. The molecule has 0 spiro atoms. The third-order valence-electron chi connectivity index (χ3n) is 12.5. The number of fused-ring (bicyclic) bond motifs is 1. The molecule has 71 heavy (non-hydrogen) atoms. The molecule has 2 amide bonds. The number of rotatable bonds is 10. The van der Waals surface area contributed by atoms with Gasteiger partial charge in [0.15, 0.2) is 5.65 Å². The van der Waals surface area contributed by atoms with Crippen molar-refractivity contribution < 1.29 is 50.1 Å². The summed E-state index contributed by atoms with van der Waals surface area (Å²) in [5.41, 5.74) is 4.48. The van der Waals surface area contributed by atoms with Crippen LogP contribution in [0.5, 0.6) is 11.5 Å². The minimum absolute atomic E-state index is 0.000322. The molecule has 22 heteroatoms. The molecule has 378 valence electrons. The fraction of sp³-hybridized carbons (Fsp3) is 0.469. The molecule has 2 aromatic carbocycles. The number of imidazole rings is 1. The number of hydrogen-bond acceptors (Lipinski definition) is 11. The second kappa shape index (κ2) is 20.4. The van der Waals surface area contributed by atoms with Crippen LogP contribution in [0.4, 0.5) is 31.1 Å². The molecule has 0 atom stereocenters. The van der Waals surface area contributed by atoms with Gasteiger partial charge in [0.1, 0.15) is 49.2 Å². The number of thiazole rings is 2. The molecule has 4 aliphatic rings. The SMILES string of the molecule is CC(C)(C)OC(=O)N1CCC(c2nc(-c3cc(OC(F)(F)F)cc(C4CC4)c3)c(Cl)s2)CC1.O=C(Cn1cnc2cccnc21)N1CCC(c2nc(-c3cc(OC(F)(F)F)cc(C4CC4)c3)c(Cl)s2)CC1. The Labute approximate surface area is 423 Å². The van der Waals surface area contributed by atoms with Crippen molar-refractivity contribution in [3.63, 3.8) is 0 Å². The first-order valence-electron chi connectivity index (χ1n) is 23.3. The van der Waals surface area contributed by atoms with Gasteiger partial charge in [-0.25, -0.2) is 24.7 Å². The van der Waals surface area contributed by atoms with Gasteiger partial charge in [-0.1, -0.05) is 23.2 Å². The molecule has 6 heterocycles. The van der Waals surface area contributed by atoms with Crippen molar-refractivity contribution in [3.05, 3.63) is 90.9 Å². The van der Waals surface area contributed by atoms with E-state index in [0.29, 0.717) is 75.9 Å². The van der Waals surface area contributed by atoms with E-state index in [1.165, 1.54) is 46.9 Å². The van der Waals surface area contributed by atoms with Crippen LogP contribution in [0.25, 0.3) is 33.7 Å². The van der Waals surface area contributed by atoms with E-state index in [9.17, 15) is 35.9 Å². The Hall–Kier alpha value is -5.18. The molecule has 0 bridgehead atoms. The molecule has 4 fully saturated rings. The number of ether oxygens (including phenoxy) is 3. The van der Waals surface area contributed by atoms with Gasteiger partial charge in [0.25, 0.3) is 0 Å². The molecule has 0 unspecified atom stereocenters. The van der Waals surface area contributed by atoms with Gasteiger partial charge in [-0.3, -0.25) is 4.79 Å². The summed E-state index contributed by atoms with van der Waals surface area (Å²) in [4.78, 5) is 46.8. The quantitative estimate of drug-likeness (QED) is 0.123. The van der Waals surface area contributed by atoms with E-state index in [-0.39, 0.29) is 53.7 Å². The number of aromatic nitrogens is 5. The number of likely N-dealkylation sites (tertiary alicyclic amines) is 2. The predicted octanol–water partition coefficient (Wildman–Crippen LogP) is 13.7. The van der Waals surface area contributed by atoms with Crippen LogP contribution in [0.3, 0.4) is 0 Å². The first kappa shape index (κ1) is 50.7. The van der Waals surface area contributed by atoms with E-state index < -0.39 is 18.3 Å². The summed E-state index contributed by atoms with van der Waals surface area (Å²) in [7, 11) is 0. The Morgan fingerprint density at radius 3 is 1.59 bits per heavy atom. The summed E-state index contributed by atoms with van der Waals surface area (Å²) in [6.07, 6.45) is 0.0928. The topological polar surface area (TPSA) is 125 Å². The minimum Gasteiger partial charge on any atom is -0.444 e. The average Bonchev–Trinajstić information content (AvgIpc) is 4.23. The van der Waals surface area contributed by atoms with Crippen LogP contribution in [0.2, 0.25) is 8.67 Å². The monoisotopic (exact) mass is 1060 g/mol. The summed E-state index contributed by atoms with van der Waals surface area (Å²) in [5.74, 6) is 0.213. The Morgan fingerprint density at radius 1 is 0.662 bits per heavy atom. The van der Waals surface area contributed by atoms with Crippen LogP contribution in [0.1, 0.15) is 117 Å². The van der Waals surface area contributed by atoms with Gasteiger partial charge in [-0.05, 0) is 144 Å². The number of alkyl halides is 6. The molecule has 2 saturated heterocycles. The highest BCUT2D eigenvalue weighted by Gasteiger charge is 2.36. The minimum atomic E-state index is -4.77. The molecule has 4 aromatic heterocycles. The Morgan fingerprint density at radius 2 is 1.14 bits per heavy atom. The highest BCUT2D eigenvalue weighted by Crippen LogP contribution is 2.47. The van der Waals surface area contributed by atoms with Crippen LogP contribution >= 0.6 is 45.9 Å². The van der Waals surface area contributed by atoms with Crippen LogP contribution < -0.4 is 9.47 Å². The third-order valence-corrected chi connectivity index (χ3v) is 15.4. The van der Waals surface area contributed by atoms with Crippen molar-refractivity contribution in [1.29, 1.82) is 0 Å². The fourth-order valence-electron chi connectivity index (χ4n) is 8.82. The van der Waals surface area contributed by atoms with E-state index in [0.717, 1.165) is 65.2 Å². The molecular formula is C49H49Cl2F6N7O5S2. The number of amides is 2. The van der Waals surface area contributed by atoms with Crippen molar-refractivity contribution in [3.8, 4) is 34.0 Å². The number of carbonyl (C=O) groups is 2. The third kappa shape index (κ3) is 13.1. The normalized spacial score (nSPS) is 17.3. The Kier molecular flexibility index (Phi) is 14.6. The van der Waals surface area contributed by atoms with Crippen molar-refractivity contribution >= 4 is 69.0 Å². The standard InChI is InChI=1S/C26H23ClF3N5O2S.C23H26ClF3N2O3S/c27-23-22(18-10-17(15-3-4-15)11-19(12-18)37-26(28,29)30)33-25(38-23)16-5-8-34(9-6-16)21(36)13-35-14-32-20-2-1-7-31-24(20)35;1-22(2,3)32-21(30)29-8-6-14(7-9-29)20-28-18(19(24)33-20)16-10-15(13-4-5-13)11-17(12-16)31-23(25,26)27/h1-2,7,10-12,14-16H,3-6,8-9,13H2;10-14H,4-9H2,1-3H3. The van der Waals surface area contributed by atoms with Crippen molar-refractivity contribution in [1.82, 2.24) is 34.3 Å². The largest absolute Gasteiger partial charge is 0.573 e. The van der Waals surface area contributed by atoms with Gasteiger partial charge in [-0.2, -0.15) is 0 Å². The van der Waals surface area contributed by atoms with Crippen LogP contribution in [-0.4, -0.2) is 90.8 Å².